The second-order valence-electron chi connectivity index (χ2n) is 12.5. The number of allylic oxidation sites excluding steroid dienone is 10. The van der Waals surface area contributed by atoms with Crippen molar-refractivity contribution in [2.45, 2.75) is 107 Å². The maximum Gasteiger partial charge on any atom is 0.0739 e. The molecule has 0 amide bonds. The molecule has 202 valence electrons. The SMILES string of the molecule is CC(C)(C)C1=CCC(C(C)(C)C)=C1.CCC.CCC=CCC1CC=CC=C1c1nccc2c1=CCCC=2. The molecular formula is C36H53N. The fourth-order valence-electron chi connectivity index (χ4n) is 4.75. The van der Waals surface area contributed by atoms with Crippen LogP contribution in [-0.2, 0) is 0 Å². The van der Waals surface area contributed by atoms with Crippen LogP contribution >= 0.6 is 0 Å². The summed E-state index contributed by atoms with van der Waals surface area (Å²) in [5, 5.41) is 2.69. The van der Waals surface area contributed by atoms with E-state index in [2.05, 4.69) is 123 Å². The quantitative estimate of drug-likeness (QED) is 0.376. The van der Waals surface area contributed by atoms with E-state index in [-0.39, 0.29) is 0 Å². The van der Waals surface area contributed by atoms with Gasteiger partial charge in [-0.1, -0.05) is 129 Å². The maximum atomic E-state index is 4.72. The minimum Gasteiger partial charge on any atom is -0.256 e. The lowest BCUT2D eigenvalue weighted by Gasteiger charge is -2.21. The van der Waals surface area contributed by atoms with Crippen molar-refractivity contribution in [1.82, 2.24) is 4.98 Å². The molecule has 3 aliphatic carbocycles. The molecule has 0 radical (unpaired) electrons. The van der Waals surface area contributed by atoms with Crippen LogP contribution in [0.1, 0.15) is 113 Å². The third kappa shape index (κ3) is 9.44. The molecule has 3 aliphatic rings. The number of fused-ring (bicyclic) bond motifs is 1. The van der Waals surface area contributed by atoms with Gasteiger partial charge < -0.3 is 0 Å². The van der Waals surface area contributed by atoms with Gasteiger partial charge in [0.15, 0.2) is 0 Å². The fraction of sp³-hybridized carbons (Fsp3) is 0.528. The number of hydrogen-bond acceptors (Lipinski definition) is 1. The molecule has 37 heavy (non-hydrogen) atoms. The Morgan fingerprint density at radius 3 is 2.22 bits per heavy atom. The molecule has 0 aliphatic heterocycles. The highest BCUT2D eigenvalue weighted by Gasteiger charge is 2.24. The van der Waals surface area contributed by atoms with Crippen LogP contribution in [0.3, 0.4) is 0 Å². The first kappa shape index (κ1) is 30.8. The number of hydrogen-bond donors (Lipinski definition) is 0. The third-order valence-corrected chi connectivity index (χ3v) is 6.97. The van der Waals surface area contributed by atoms with E-state index in [1.54, 1.807) is 5.57 Å². The molecule has 1 unspecified atom stereocenters. The van der Waals surface area contributed by atoms with E-state index in [1.165, 1.54) is 33.7 Å². The largest absolute Gasteiger partial charge is 0.256 e. The van der Waals surface area contributed by atoms with Crippen molar-refractivity contribution in [2.24, 2.45) is 16.7 Å². The Morgan fingerprint density at radius 1 is 0.919 bits per heavy atom. The van der Waals surface area contributed by atoms with Gasteiger partial charge in [-0.15, -0.1) is 0 Å². The molecule has 4 rings (SSSR count). The Hall–Kier alpha value is -2.41. The molecule has 0 saturated heterocycles. The van der Waals surface area contributed by atoms with Gasteiger partial charge in [0.1, 0.15) is 0 Å². The molecular weight excluding hydrogens is 446 g/mol. The Balaban J connectivity index is 0.000000258. The van der Waals surface area contributed by atoms with E-state index in [4.69, 9.17) is 4.98 Å². The average molecular weight is 500 g/mol. The summed E-state index contributed by atoms with van der Waals surface area (Å²) in [5.41, 5.74) is 6.32. The van der Waals surface area contributed by atoms with Gasteiger partial charge in [-0.25, -0.2) is 0 Å². The van der Waals surface area contributed by atoms with Crippen LogP contribution < -0.4 is 10.4 Å². The van der Waals surface area contributed by atoms with Gasteiger partial charge in [0.25, 0.3) is 0 Å². The molecule has 1 aromatic rings. The Morgan fingerprint density at radius 2 is 1.62 bits per heavy atom. The standard InChI is InChI=1S/C20H23N.C13H22.C3H8/c1-2-3-4-9-16-10-5-7-12-18(16)20-19-13-8-6-11-17(19)14-15-21-20;1-12(2,3)10-7-8-11(9-10)13(4,5)6;1-3-2/h3-5,7,11-16H,2,6,8-10H2,1H3;7,9H,8H2,1-6H3;3H2,1-2H3. The molecule has 0 bridgehead atoms. The molecule has 1 nitrogen and oxygen atoms in total. The van der Waals surface area contributed by atoms with Crippen molar-refractivity contribution >= 4 is 17.7 Å². The van der Waals surface area contributed by atoms with Gasteiger partial charge in [-0.2, -0.15) is 0 Å². The van der Waals surface area contributed by atoms with Crippen LogP contribution in [0, 0.1) is 16.7 Å². The summed E-state index contributed by atoms with van der Waals surface area (Å²) >= 11 is 0. The zero-order valence-electron chi connectivity index (χ0n) is 25.3. The number of pyridine rings is 1. The molecule has 0 saturated carbocycles. The summed E-state index contributed by atoms with van der Waals surface area (Å²) in [6.45, 7) is 20.1. The monoisotopic (exact) mass is 499 g/mol. The molecule has 1 heterocycles. The van der Waals surface area contributed by atoms with Gasteiger partial charge in [0.05, 0.1) is 5.69 Å². The zero-order chi connectivity index (χ0) is 27.5. The predicted octanol–water partition coefficient (Wildman–Crippen LogP) is 9.50. The van der Waals surface area contributed by atoms with Gasteiger partial charge in [-0.3, -0.25) is 4.98 Å². The second kappa shape index (κ2) is 14.5. The van der Waals surface area contributed by atoms with Crippen LogP contribution in [0.15, 0.2) is 65.9 Å². The van der Waals surface area contributed by atoms with Crippen molar-refractivity contribution in [2.75, 3.05) is 0 Å². The first-order valence-electron chi connectivity index (χ1n) is 14.6. The Bertz CT molecular complexity index is 1140. The normalized spacial score (nSPS) is 18.7. The number of nitrogens with zero attached hydrogens (tertiary/aromatic N) is 1. The van der Waals surface area contributed by atoms with Crippen molar-refractivity contribution in [1.29, 1.82) is 0 Å². The highest BCUT2D eigenvalue weighted by atomic mass is 14.7. The lowest BCUT2D eigenvalue weighted by Crippen LogP contribution is -2.32. The minimum atomic E-state index is 0.312. The topological polar surface area (TPSA) is 12.9 Å². The molecule has 1 atom stereocenters. The third-order valence-electron chi connectivity index (χ3n) is 6.97. The van der Waals surface area contributed by atoms with Gasteiger partial charge in [-0.05, 0) is 77.7 Å². The number of aromatic nitrogens is 1. The Kier molecular flexibility index (Phi) is 12.1. The van der Waals surface area contributed by atoms with Crippen LogP contribution in [0.5, 0.6) is 0 Å². The van der Waals surface area contributed by atoms with E-state index in [1.807, 2.05) is 6.20 Å². The van der Waals surface area contributed by atoms with Gasteiger partial charge in [0.2, 0.25) is 0 Å². The summed E-state index contributed by atoms with van der Waals surface area (Å²) in [5.74, 6) is 0.562. The van der Waals surface area contributed by atoms with Crippen LogP contribution in [0.2, 0.25) is 0 Å². The van der Waals surface area contributed by atoms with Gasteiger partial charge >= 0.3 is 0 Å². The van der Waals surface area contributed by atoms with Crippen molar-refractivity contribution in [3.63, 3.8) is 0 Å². The molecule has 0 fully saturated rings. The van der Waals surface area contributed by atoms with Crippen LogP contribution in [-0.4, -0.2) is 4.98 Å². The van der Waals surface area contributed by atoms with Gasteiger partial charge in [0, 0.05) is 11.4 Å². The minimum absolute atomic E-state index is 0.312. The molecule has 0 spiro atoms. The predicted molar refractivity (Wildman–Crippen MR) is 167 cm³/mol. The van der Waals surface area contributed by atoms with Crippen molar-refractivity contribution in [3.05, 3.63) is 82.1 Å². The Labute approximate surface area is 228 Å². The van der Waals surface area contributed by atoms with Crippen LogP contribution in [0.25, 0.3) is 17.7 Å². The summed E-state index contributed by atoms with van der Waals surface area (Å²) in [4.78, 5) is 4.72. The summed E-state index contributed by atoms with van der Waals surface area (Å²) < 4.78 is 0. The summed E-state index contributed by atoms with van der Waals surface area (Å²) in [6.07, 6.45) is 30.8. The van der Waals surface area contributed by atoms with Crippen LogP contribution in [0.4, 0.5) is 0 Å². The highest BCUT2D eigenvalue weighted by Crippen LogP contribution is 2.39. The lowest BCUT2D eigenvalue weighted by atomic mass is 9.84. The molecule has 1 heteroatoms. The highest BCUT2D eigenvalue weighted by molar-refractivity contribution is 5.69. The smallest absolute Gasteiger partial charge is 0.0739 e. The molecule has 0 N–H and O–H groups in total. The summed E-state index contributed by atoms with van der Waals surface area (Å²) in [7, 11) is 0. The first-order valence-corrected chi connectivity index (χ1v) is 14.6. The first-order chi connectivity index (χ1) is 17.5. The summed E-state index contributed by atoms with van der Waals surface area (Å²) in [6, 6.07) is 2.14. The zero-order valence-corrected chi connectivity index (χ0v) is 25.3. The van der Waals surface area contributed by atoms with E-state index in [9.17, 15) is 0 Å². The van der Waals surface area contributed by atoms with E-state index in [0.29, 0.717) is 16.7 Å². The maximum absolute atomic E-state index is 4.72. The molecule has 0 aromatic carbocycles. The lowest BCUT2D eigenvalue weighted by molar-refractivity contribution is 0.493. The van der Waals surface area contributed by atoms with Crippen molar-refractivity contribution < 1.29 is 0 Å². The van der Waals surface area contributed by atoms with E-state index >= 15 is 0 Å². The number of rotatable bonds is 4. The average Bonchev–Trinajstić information content (AvgIpc) is 3.37. The second-order valence-corrected chi connectivity index (χ2v) is 12.5. The molecule has 1 aromatic heterocycles. The van der Waals surface area contributed by atoms with E-state index < -0.39 is 0 Å². The van der Waals surface area contributed by atoms with Crippen molar-refractivity contribution in [3.8, 4) is 0 Å². The van der Waals surface area contributed by atoms with E-state index in [0.717, 1.165) is 38.5 Å². The fourth-order valence-corrected chi connectivity index (χ4v) is 4.75.